The number of aromatic nitrogens is 3. The molecule has 0 N–H and O–H groups in total. The highest BCUT2D eigenvalue weighted by Gasteiger charge is 2.28. The van der Waals surface area contributed by atoms with Crippen LogP contribution in [0.4, 0.5) is 0 Å². The van der Waals surface area contributed by atoms with Crippen LogP contribution < -0.4 is 0 Å². The second-order valence-corrected chi connectivity index (χ2v) is 6.14. The predicted molar refractivity (Wildman–Crippen MR) is 78.7 cm³/mol. The van der Waals surface area contributed by atoms with Gasteiger partial charge in [-0.05, 0) is 6.92 Å². The summed E-state index contributed by atoms with van der Waals surface area (Å²) in [5, 5.41) is 7.82. The summed E-state index contributed by atoms with van der Waals surface area (Å²) in [4.78, 5) is 6.82. The molecule has 2 aromatic heterocycles. The largest absolute Gasteiger partial charge is 0.381 e. The third-order valence-corrected chi connectivity index (χ3v) is 4.33. The quantitative estimate of drug-likeness (QED) is 0.845. The maximum atomic E-state index is 5.63. The lowest BCUT2D eigenvalue weighted by Crippen LogP contribution is -2.34. The number of thiazole rings is 1. The monoisotopic (exact) mass is 292 g/mol. The van der Waals surface area contributed by atoms with Crippen molar-refractivity contribution in [3.8, 4) is 0 Å². The van der Waals surface area contributed by atoms with Crippen LogP contribution >= 0.6 is 11.3 Å². The third-order valence-electron chi connectivity index (χ3n) is 3.56. The average Bonchev–Trinajstić information content (AvgIpc) is 3.04. The minimum absolute atomic E-state index is 0.361. The maximum Gasteiger partial charge on any atom is 0.107 e. The highest BCUT2D eigenvalue weighted by molar-refractivity contribution is 7.09. The normalized spacial score (nSPS) is 19.2. The van der Waals surface area contributed by atoms with Gasteiger partial charge in [-0.1, -0.05) is 0 Å². The molecule has 0 fully saturated rings. The van der Waals surface area contributed by atoms with E-state index in [0.717, 1.165) is 32.8 Å². The Morgan fingerprint density at radius 3 is 3.15 bits per heavy atom. The molecule has 1 atom stereocenters. The molecule has 0 saturated heterocycles. The smallest absolute Gasteiger partial charge is 0.107 e. The minimum Gasteiger partial charge on any atom is -0.381 e. The van der Waals surface area contributed by atoms with Gasteiger partial charge >= 0.3 is 0 Å². The van der Waals surface area contributed by atoms with Gasteiger partial charge in [0.25, 0.3) is 0 Å². The number of hydrogen-bond donors (Lipinski definition) is 0. The second kappa shape index (κ2) is 6.03. The summed E-state index contributed by atoms with van der Waals surface area (Å²) in [6.07, 6.45) is 4.00. The van der Waals surface area contributed by atoms with Crippen LogP contribution in [0.3, 0.4) is 0 Å². The molecule has 0 amide bonds. The van der Waals surface area contributed by atoms with Crippen molar-refractivity contribution in [1.82, 2.24) is 19.7 Å². The molecule has 6 heteroatoms. The number of rotatable bonds is 5. The van der Waals surface area contributed by atoms with Gasteiger partial charge in [0, 0.05) is 56.0 Å². The Labute approximate surface area is 123 Å². The van der Waals surface area contributed by atoms with Crippen LogP contribution in [0.1, 0.15) is 29.1 Å². The summed E-state index contributed by atoms with van der Waals surface area (Å²) in [5.74, 6) is 0.361. The summed E-state index contributed by atoms with van der Waals surface area (Å²) in [7, 11) is 1.99. The lowest BCUT2D eigenvalue weighted by atomic mass is 9.97. The Kier molecular flexibility index (Phi) is 4.14. The van der Waals surface area contributed by atoms with Crippen LogP contribution in [-0.2, 0) is 24.9 Å². The van der Waals surface area contributed by atoms with Crippen molar-refractivity contribution in [2.24, 2.45) is 7.05 Å². The molecule has 0 spiro atoms. The van der Waals surface area contributed by atoms with E-state index in [2.05, 4.69) is 21.2 Å². The van der Waals surface area contributed by atoms with Crippen LogP contribution in [0.25, 0.3) is 0 Å². The molecule has 3 rings (SSSR count). The zero-order valence-electron chi connectivity index (χ0n) is 12.0. The van der Waals surface area contributed by atoms with Gasteiger partial charge in [-0.3, -0.25) is 9.58 Å². The van der Waals surface area contributed by atoms with Crippen LogP contribution in [0.15, 0.2) is 17.8 Å². The summed E-state index contributed by atoms with van der Waals surface area (Å²) in [5.41, 5.74) is 2.52. The Morgan fingerprint density at radius 1 is 1.50 bits per heavy atom. The van der Waals surface area contributed by atoms with Gasteiger partial charge in [0.15, 0.2) is 0 Å². The summed E-state index contributed by atoms with van der Waals surface area (Å²) >= 11 is 1.72. The first-order chi connectivity index (χ1) is 9.76. The fraction of sp³-hybridized carbons (Fsp3) is 0.571. The van der Waals surface area contributed by atoms with Gasteiger partial charge < -0.3 is 4.74 Å². The first-order valence-electron chi connectivity index (χ1n) is 6.97. The number of fused-ring (bicyclic) bond motifs is 1. The first-order valence-corrected chi connectivity index (χ1v) is 7.85. The number of nitrogens with zero attached hydrogens (tertiary/aromatic N) is 4. The van der Waals surface area contributed by atoms with Crippen molar-refractivity contribution in [2.75, 3.05) is 19.8 Å². The zero-order chi connectivity index (χ0) is 13.9. The number of hydrogen-bond acceptors (Lipinski definition) is 5. The molecule has 0 aliphatic carbocycles. The fourth-order valence-corrected chi connectivity index (χ4v) is 3.42. The summed E-state index contributed by atoms with van der Waals surface area (Å²) < 4.78 is 7.55. The highest BCUT2D eigenvalue weighted by atomic mass is 32.1. The van der Waals surface area contributed by atoms with Crippen molar-refractivity contribution >= 4 is 11.3 Å². The Hall–Kier alpha value is -1.24. The summed E-state index contributed by atoms with van der Waals surface area (Å²) in [6.45, 7) is 6.39. The zero-order valence-corrected chi connectivity index (χ0v) is 12.8. The number of aryl methyl sites for hydroxylation is 1. The topological polar surface area (TPSA) is 43.2 Å². The Bertz CT molecular complexity index is 552. The van der Waals surface area contributed by atoms with Crippen molar-refractivity contribution < 1.29 is 4.74 Å². The van der Waals surface area contributed by atoms with Gasteiger partial charge in [-0.2, -0.15) is 5.10 Å². The van der Waals surface area contributed by atoms with Crippen molar-refractivity contribution in [2.45, 2.75) is 25.9 Å². The molecule has 1 aliphatic heterocycles. The molecule has 2 aromatic rings. The van der Waals surface area contributed by atoms with E-state index in [9.17, 15) is 0 Å². The van der Waals surface area contributed by atoms with Gasteiger partial charge in [0.05, 0.1) is 18.8 Å². The van der Waals surface area contributed by atoms with E-state index >= 15 is 0 Å². The van der Waals surface area contributed by atoms with Gasteiger partial charge in [0.2, 0.25) is 0 Å². The van der Waals surface area contributed by atoms with E-state index in [1.165, 1.54) is 16.3 Å². The average molecular weight is 292 g/mol. The van der Waals surface area contributed by atoms with E-state index in [4.69, 9.17) is 4.74 Å². The molecule has 0 saturated carbocycles. The molecule has 20 heavy (non-hydrogen) atoms. The summed E-state index contributed by atoms with van der Waals surface area (Å²) in [6, 6.07) is 0. The Morgan fingerprint density at radius 2 is 2.40 bits per heavy atom. The third kappa shape index (κ3) is 2.92. The van der Waals surface area contributed by atoms with Crippen LogP contribution in [-0.4, -0.2) is 39.4 Å². The lowest BCUT2D eigenvalue weighted by molar-refractivity contribution is 0.104. The first kappa shape index (κ1) is 13.7. The molecule has 3 heterocycles. The molecule has 5 nitrogen and oxygen atoms in total. The highest BCUT2D eigenvalue weighted by Crippen LogP contribution is 2.28. The van der Waals surface area contributed by atoms with Crippen LogP contribution in [0.5, 0.6) is 0 Å². The van der Waals surface area contributed by atoms with Gasteiger partial charge in [-0.15, -0.1) is 11.3 Å². The molecule has 1 unspecified atom stereocenters. The second-order valence-electron chi connectivity index (χ2n) is 5.17. The molecule has 0 bridgehead atoms. The van der Waals surface area contributed by atoms with Crippen molar-refractivity contribution in [3.63, 3.8) is 0 Å². The molecular weight excluding hydrogens is 272 g/mol. The van der Waals surface area contributed by atoms with E-state index in [1.807, 2.05) is 30.2 Å². The molecule has 1 aliphatic rings. The molecule has 0 aromatic carbocycles. The van der Waals surface area contributed by atoms with Gasteiger partial charge in [-0.25, -0.2) is 4.98 Å². The maximum absolute atomic E-state index is 5.63. The van der Waals surface area contributed by atoms with E-state index < -0.39 is 0 Å². The molecule has 0 radical (unpaired) electrons. The van der Waals surface area contributed by atoms with Crippen molar-refractivity contribution in [1.29, 1.82) is 0 Å². The Balaban J connectivity index is 1.76. The van der Waals surface area contributed by atoms with Crippen LogP contribution in [0.2, 0.25) is 0 Å². The lowest BCUT2D eigenvalue weighted by Gasteiger charge is -2.31. The van der Waals surface area contributed by atoms with Crippen molar-refractivity contribution in [3.05, 3.63) is 34.0 Å². The predicted octanol–water partition coefficient (Wildman–Crippen LogP) is 2.01. The molecule has 108 valence electrons. The van der Waals surface area contributed by atoms with E-state index in [-0.39, 0.29) is 0 Å². The minimum atomic E-state index is 0.361. The SMILES string of the molecule is CCOCC1CN(Cc2nccs2)Cc2cn(C)nc21. The molecular formula is C14H20N4OS. The number of ether oxygens (including phenoxy) is 1. The standard InChI is InChI=1S/C14H20N4OS/c1-3-19-10-12-8-18(9-13-15-4-5-20-13)7-11-6-17(2)16-14(11)12/h4-6,12H,3,7-10H2,1-2H3. The van der Waals surface area contributed by atoms with E-state index in [0.29, 0.717) is 5.92 Å². The van der Waals surface area contributed by atoms with Gasteiger partial charge in [0.1, 0.15) is 5.01 Å². The van der Waals surface area contributed by atoms with Crippen LogP contribution in [0, 0.1) is 0 Å². The fourth-order valence-electron chi connectivity index (χ4n) is 2.76. The van der Waals surface area contributed by atoms with E-state index in [1.54, 1.807) is 11.3 Å².